The van der Waals surface area contributed by atoms with Crippen LogP contribution < -0.4 is 11.4 Å². The Hall–Kier alpha value is -1.03. The Morgan fingerprint density at radius 2 is 2.45 bits per heavy atom. The van der Waals surface area contributed by atoms with Crippen LogP contribution in [0.2, 0.25) is 0 Å². The zero-order valence-corrected chi connectivity index (χ0v) is 6.63. The number of aromatic amines is 1. The Labute approximate surface area is 65.0 Å². The van der Waals surface area contributed by atoms with E-state index in [1.807, 2.05) is 6.92 Å². The molecule has 0 saturated carbocycles. The molecule has 0 unspecified atom stereocenters. The SMILES string of the molecule is Cc1c[nH]c(=O)n1CCCN. The van der Waals surface area contributed by atoms with Crippen LogP contribution in [0.1, 0.15) is 12.1 Å². The fourth-order valence-corrected chi connectivity index (χ4v) is 1.01. The standard InChI is InChI=1S/C7H13N3O/c1-6-5-9-7(11)10(6)4-2-3-8/h5H,2-4,8H2,1H3,(H,9,11). The summed E-state index contributed by atoms with van der Waals surface area (Å²) in [6.45, 7) is 3.23. The number of nitrogens with two attached hydrogens (primary N) is 1. The summed E-state index contributed by atoms with van der Waals surface area (Å²) in [5.74, 6) is 0. The minimum absolute atomic E-state index is 0.0454. The summed E-state index contributed by atoms with van der Waals surface area (Å²) in [7, 11) is 0. The molecule has 0 amide bonds. The third kappa shape index (κ3) is 1.71. The van der Waals surface area contributed by atoms with E-state index >= 15 is 0 Å². The first-order valence-electron chi connectivity index (χ1n) is 3.70. The second kappa shape index (κ2) is 3.39. The van der Waals surface area contributed by atoms with Crippen LogP contribution in [-0.4, -0.2) is 16.1 Å². The van der Waals surface area contributed by atoms with Gasteiger partial charge in [0.05, 0.1) is 0 Å². The molecule has 1 heterocycles. The smallest absolute Gasteiger partial charge is 0.325 e. The Morgan fingerprint density at radius 1 is 1.73 bits per heavy atom. The molecule has 0 atom stereocenters. The molecule has 0 radical (unpaired) electrons. The normalized spacial score (nSPS) is 10.4. The number of nitrogens with one attached hydrogen (secondary N) is 1. The lowest BCUT2D eigenvalue weighted by Gasteiger charge is -2.00. The second-order valence-electron chi connectivity index (χ2n) is 2.53. The molecular weight excluding hydrogens is 142 g/mol. The highest BCUT2D eigenvalue weighted by Gasteiger charge is 1.98. The van der Waals surface area contributed by atoms with Crippen molar-refractivity contribution in [1.82, 2.24) is 9.55 Å². The minimum Gasteiger partial charge on any atom is -0.330 e. The number of imidazole rings is 1. The van der Waals surface area contributed by atoms with Gasteiger partial charge in [-0.2, -0.15) is 0 Å². The number of hydrogen-bond donors (Lipinski definition) is 2. The van der Waals surface area contributed by atoms with Crippen molar-refractivity contribution in [3.63, 3.8) is 0 Å². The van der Waals surface area contributed by atoms with E-state index in [1.165, 1.54) is 0 Å². The predicted octanol–water partition coefficient (Wildman–Crippen LogP) is -0.166. The van der Waals surface area contributed by atoms with E-state index in [0.29, 0.717) is 13.1 Å². The average molecular weight is 155 g/mol. The lowest BCUT2D eigenvalue weighted by atomic mass is 10.4. The van der Waals surface area contributed by atoms with Crippen LogP contribution in [0.5, 0.6) is 0 Å². The van der Waals surface area contributed by atoms with Crippen LogP contribution in [0.3, 0.4) is 0 Å². The van der Waals surface area contributed by atoms with Crippen molar-refractivity contribution in [2.24, 2.45) is 5.73 Å². The van der Waals surface area contributed by atoms with Crippen LogP contribution in [0.4, 0.5) is 0 Å². The van der Waals surface area contributed by atoms with E-state index in [9.17, 15) is 4.79 Å². The molecule has 62 valence electrons. The molecule has 1 rings (SSSR count). The second-order valence-corrected chi connectivity index (χ2v) is 2.53. The lowest BCUT2D eigenvalue weighted by molar-refractivity contribution is 0.618. The molecule has 0 aliphatic carbocycles. The molecule has 1 aromatic rings. The van der Waals surface area contributed by atoms with Gasteiger partial charge in [0.2, 0.25) is 0 Å². The molecule has 4 heteroatoms. The maximum atomic E-state index is 11.0. The van der Waals surface area contributed by atoms with Crippen LogP contribution in [0.25, 0.3) is 0 Å². The number of nitrogens with zero attached hydrogens (tertiary/aromatic N) is 1. The van der Waals surface area contributed by atoms with Crippen LogP contribution in [0.15, 0.2) is 11.0 Å². The van der Waals surface area contributed by atoms with Crippen molar-refractivity contribution in [3.05, 3.63) is 22.4 Å². The largest absolute Gasteiger partial charge is 0.330 e. The van der Waals surface area contributed by atoms with Gasteiger partial charge < -0.3 is 10.7 Å². The number of aromatic nitrogens is 2. The average Bonchev–Trinajstić information content (AvgIpc) is 2.29. The Kier molecular flexibility index (Phi) is 2.48. The summed E-state index contributed by atoms with van der Waals surface area (Å²) in [4.78, 5) is 13.6. The van der Waals surface area contributed by atoms with Crippen molar-refractivity contribution in [1.29, 1.82) is 0 Å². The highest BCUT2D eigenvalue weighted by molar-refractivity contribution is 4.94. The van der Waals surface area contributed by atoms with Gasteiger partial charge in [0, 0.05) is 18.4 Å². The first kappa shape index (κ1) is 8.07. The first-order valence-corrected chi connectivity index (χ1v) is 3.70. The summed E-state index contributed by atoms with van der Waals surface area (Å²) in [6.07, 6.45) is 2.55. The topological polar surface area (TPSA) is 63.8 Å². The monoisotopic (exact) mass is 155 g/mol. The van der Waals surface area contributed by atoms with Gasteiger partial charge >= 0.3 is 5.69 Å². The van der Waals surface area contributed by atoms with Crippen LogP contribution in [-0.2, 0) is 6.54 Å². The summed E-state index contributed by atoms with van der Waals surface area (Å²) >= 11 is 0. The maximum absolute atomic E-state index is 11.0. The van der Waals surface area contributed by atoms with E-state index in [0.717, 1.165) is 12.1 Å². The van der Waals surface area contributed by atoms with E-state index in [-0.39, 0.29) is 5.69 Å². The highest BCUT2D eigenvalue weighted by Crippen LogP contribution is 1.92. The van der Waals surface area contributed by atoms with Gasteiger partial charge in [-0.05, 0) is 19.9 Å². The van der Waals surface area contributed by atoms with Gasteiger partial charge in [-0.1, -0.05) is 0 Å². The number of aryl methyl sites for hydroxylation is 1. The Bertz CT molecular complexity index is 273. The fourth-order valence-electron chi connectivity index (χ4n) is 1.01. The fraction of sp³-hybridized carbons (Fsp3) is 0.571. The van der Waals surface area contributed by atoms with E-state index in [2.05, 4.69) is 4.98 Å². The van der Waals surface area contributed by atoms with Crippen molar-refractivity contribution in [3.8, 4) is 0 Å². The van der Waals surface area contributed by atoms with E-state index < -0.39 is 0 Å². The third-order valence-electron chi connectivity index (χ3n) is 1.66. The van der Waals surface area contributed by atoms with Crippen LogP contribution in [0, 0.1) is 6.92 Å². The van der Waals surface area contributed by atoms with Gasteiger partial charge in [0.1, 0.15) is 0 Å². The van der Waals surface area contributed by atoms with Gasteiger partial charge in [-0.25, -0.2) is 4.79 Å². The Balaban J connectivity index is 2.75. The molecule has 3 N–H and O–H groups in total. The van der Waals surface area contributed by atoms with Crippen molar-refractivity contribution < 1.29 is 0 Å². The quantitative estimate of drug-likeness (QED) is 0.636. The molecule has 4 nitrogen and oxygen atoms in total. The minimum atomic E-state index is -0.0454. The van der Waals surface area contributed by atoms with Gasteiger partial charge in [0.25, 0.3) is 0 Å². The number of rotatable bonds is 3. The summed E-state index contributed by atoms with van der Waals surface area (Å²) < 4.78 is 1.69. The first-order chi connectivity index (χ1) is 5.25. The van der Waals surface area contributed by atoms with Gasteiger partial charge in [0.15, 0.2) is 0 Å². The molecule has 0 bridgehead atoms. The van der Waals surface area contributed by atoms with Gasteiger partial charge in [-0.3, -0.25) is 4.57 Å². The molecule has 0 saturated heterocycles. The summed E-state index contributed by atoms with van der Waals surface area (Å²) in [5, 5.41) is 0. The molecule has 0 aromatic carbocycles. The Morgan fingerprint density at radius 3 is 2.91 bits per heavy atom. The van der Waals surface area contributed by atoms with Gasteiger partial charge in [-0.15, -0.1) is 0 Å². The van der Waals surface area contributed by atoms with E-state index in [4.69, 9.17) is 5.73 Å². The van der Waals surface area contributed by atoms with Crippen molar-refractivity contribution in [2.45, 2.75) is 19.9 Å². The van der Waals surface area contributed by atoms with E-state index in [1.54, 1.807) is 10.8 Å². The number of H-pyrrole nitrogens is 1. The molecule has 0 fully saturated rings. The maximum Gasteiger partial charge on any atom is 0.325 e. The van der Waals surface area contributed by atoms with Crippen LogP contribution >= 0.6 is 0 Å². The molecule has 11 heavy (non-hydrogen) atoms. The summed E-state index contributed by atoms with van der Waals surface area (Å²) in [5.41, 5.74) is 6.24. The summed E-state index contributed by atoms with van der Waals surface area (Å²) in [6, 6.07) is 0. The zero-order valence-electron chi connectivity index (χ0n) is 6.63. The zero-order chi connectivity index (χ0) is 8.27. The molecule has 0 spiro atoms. The number of hydrogen-bond acceptors (Lipinski definition) is 2. The molecule has 0 aliphatic rings. The molecule has 1 aromatic heterocycles. The highest BCUT2D eigenvalue weighted by atomic mass is 16.1. The lowest BCUT2D eigenvalue weighted by Crippen LogP contribution is -2.19. The van der Waals surface area contributed by atoms with Crippen molar-refractivity contribution >= 4 is 0 Å². The van der Waals surface area contributed by atoms with Crippen molar-refractivity contribution in [2.75, 3.05) is 6.54 Å². The third-order valence-corrected chi connectivity index (χ3v) is 1.66. The molecular formula is C7H13N3O. The predicted molar refractivity (Wildman–Crippen MR) is 43.5 cm³/mol. The molecule has 0 aliphatic heterocycles.